The number of ether oxygens (including phenoxy) is 1. The molecule has 0 radical (unpaired) electrons. The molecule has 1 aromatic rings. The molecule has 0 saturated carbocycles. The molecule has 1 unspecified atom stereocenters. The van der Waals surface area contributed by atoms with Crippen LogP contribution in [-0.2, 0) is 10.3 Å². The van der Waals surface area contributed by atoms with Gasteiger partial charge in [-0.3, -0.25) is 0 Å². The molecule has 0 aliphatic carbocycles. The molecule has 0 spiro atoms. The van der Waals surface area contributed by atoms with E-state index in [0.717, 1.165) is 5.56 Å². The van der Waals surface area contributed by atoms with Crippen LogP contribution in [0.5, 0.6) is 0 Å². The smallest absolute Gasteiger partial charge is 0.408 e. The number of nitrogens with one attached hydrogen (secondary N) is 1. The molecule has 3 nitrogen and oxygen atoms in total. The third kappa shape index (κ3) is 2.76. The number of halogens is 1. The molecule has 1 amide bonds. The van der Waals surface area contributed by atoms with Crippen LogP contribution in [-0.4, -0.2) is 13.1 Å². The van der Waals surface area contributed by atoms with E-state index in [9.17, 15) is 4.79 Å². The minimum atomic E-state index is -0.856. The van der Waals surface area contributed by atoms with Crippen LogP contribution in [0.25, 0.3) is 0 Å². The quantitative estimate of drug-likeness (QED) is 0.824. The molecule has 4 heteroatoms. The normalized spacial score (nSPS) is 13.7. The number of alkyl carbamates (subject to hydrolysis) is 1. The highest BCUT2D eigenvalue weighted by atomic mass is 35.5. The molecule has 0 aliphatic heterocycles. The second-order valence-corrected chi connectivity index (χ2v) is 3.89. The fourth-order valence-corrected chi connectivity index (χ4v) is 1.37. The number of carbonyl (C=O) groups excluding carboxylic acids is 1. The van der Waals surface area contributed by atoms with Gasteiger partial charge in [-0.15, -0.1) is 0 Å². The maximum Gasteiger partial charge on any atom is 0.408 e. The first-order chi connectivity index (χ1) is 7.51. The molecule has 0 aromatic heterocycles. The van der Waals surface area contributed by atoms with Gasteiger partial charge in [-0.05, 0) is 30.7 Å². The van der Waals surface area contributed by atoms with Gasteiger partial charge in [0, 0.05) is 12.1 Å². The van der Waals surface area contributed by atoms with Gasteiger partial charge in [0.25, 0.3) is 0 Å². The maximum atomic E-state index is 11.2. The first-order valence-electron chi connectivity index (χ1n) is 4.82. The van der Waals surface area contributed by atoms with Gasteiger partial charge in [0.1, 0.15) is 0 Å². The highest BCUT2D eigenvalue weighted by Gasteiger charge is 2.27. The van der Waals surface area contributed by atoms with Crippen LogP contribution in [0.2, 0.25) is 5.02 Å². The second kappa shape index (κ2) is 5.03. The van der Waals surface area contributed by atoms with Gasteiger partial charge in [0.05, 0.1) is 0 Å². The van der Waals surface area contributed by atoms with Crippen LogP contribution < -0.4 is 5.32 Å². The van der Waals surface area contributed by atoms with Crippen molar-refractivity contribution in [3.05, 3.63) is 47.5 Å². The SMILES string of the molecule is C=CC(C)(OC(=O)NC)c1ccc(Cl)cc1. The second-order valence-electron chi connectivity index (χ2n) is 3.46. The van der Waals surface area contributed by atoms with Gasteiger partial charge in [-0.1, -0.05) is 30.3 Å². The molecule has 0 aliphatic rings. The molecule has 16 heavy (non-hydrogen) atoms. The Balaban J connectivity index is 2.99. The number of rotatable bonds is 3. The highest BCUT2D eigenvalue weighted by molar-refractivity contribution is 6.30. The number of hydrogen-bond acceptors (Lipinski definition) is 2. The van der Waals surface area contributed by atoms with Crippen LogP contribution in [0, 0.1) is 0 Å². The predicted octanol–water partition coefficient (Wildman–Crippen LogP) is 3.10. The van der Waals surface area contributed by atoms with Crippen LogP contribution in [0.15, 0.2) is 36.9 Å². The van der Waals surface area contributed by atoms with E-state index in [1.54, 1.807) is 37.3 Å². The molecule has 0 fully saturated rings. The Morgan fingerprint density at radius 3 is 2.50 bits per heavy atom. The first kappa shape index (κ1) is 12.6. The summed E-state index contributed by atoms with van der Waals surface area (Å²) in [5.41, 5.74) is -0.0412. The minimum absolute atomic E-state index is 0.502. The standard InChI is InChI=1S/C12H14ClNO2/c1-4-12(2,16-11(15)14-3)9-5-7-10(13)8-6-9/h4-8H,1H2,2-3H3,(H,14,15). The summed E-state index contributed by atoms with van der Waals surface area (Å²) in [6, 6.07) is 7.08. The van der Waals surface area contributed by atoms with Crippen molar-refractivity contribution in [3.63, 3.8) is 0 Å². The van der Waals surface area contributed by atoms with Gasteiger partial charge in [-0.25, -0.2) is 4.79 Å². The summed E-state index contributed by atoms with van der Waals surface area (Å²) in [7, 11) is 1.51. The van der Waals surface area contributed by atoms with Crippen molar-refractivity contribution >= 4 is 17.7 Å². The van der Waals surface area contributed by atoms with E-state index in [1.165, 1.54) is 7.05 Å². The number of hydrogen-bond donors (Lipinski definition) is 1. The van der Waals surface area contributed by atoms with E-state index in [0.29, 0.717) is 5.02 Å². The molecule has 0 heterocycles. The van der Waals surface area contributed by atoms with Crippen molar-refractivity contribution in [3.8, 4) is 0 Å². The monoisotopic (exact) mass is 239 g/mol. The highest BCUT2D eigenvalue weighted by Crippen LogP contribution is 2.27. The zero-order valence-electron chi connectivity index (χ0n) is 9.29. The number of benzene rings is 1. The fourth-order valence-electron chi connectivity index (χ4n) is 1.24. The molecule has 0 bridgehead atoms. The third-order valence-electron chi connectivity index (χ3n) is 2.32. The minimum Gasteiger partial charge on any atom is -0.434 e. The lowest BCUT2D eigenvalue weighted by atomic mass is 9.96. The zero-order chi connectivity index (χ0) is 12.2. The van der Waals surface area contributed by atoms with Gasteiger partial charge in [-0.2, -0.15) is 0 Å². The zero-order valence-corrected chi connectivity index (χ0v) is 10.0. The van der Waals surface area contributed by atoms with E-state index >= 15 is 0 Å². The lowest BCUT2D eigenvalue weighted by Gasteiger charge is -2.26. The first-order valence-corrected chi connectivity index (χ1v) is 5.20. The molecular weight excluding hydrogens is 226 g/mol. The Morgan fingerprint density at radius 2 is 2.06 bits per heavy atom. The van der Waals surface area contributed by atoms with E-state index in [1.807, 2.05) is 0 Å². The van der Waals surface area contributed by atoms with Crippen LogP contribution >= 0.6 is 11.6 Å². The van der Waals surface area contributed by atoms with Gasteiger partial charge in [0.15, 0.2) is 5.60 Å². The van der Waals surface area contributed by atoms with Gasteiger partial charge < -0.3 is 10.1 Å². The Kier molecular flexibility index (Phi) is 3.96. The van der Waals surface area contributed by atoms with Crippen molar-refractivity contribution in [1.29, 1.82) is 0 Å². The van der Waals surface area contributed by atoms with E-state index in [-0.39, 0.29) is 0 Å². The summed E-state index contributed by atoms with van der Waals surface area (Å²) in [5.74, 6) is 0. The Labute approximate surface area is 100 Å². The van der Waals surface area contributed by atoms with Crippen LogP contribution in [0.3, 0.4) is 0 Å². The van der Waals surface area contributed by atoms with Crippen molar-refractivity contribution in [1.82, 2.24) is 5.32 Å². The molecule has 1 atom stereocenters. The molecule has 1 N–H and O–H groups in total. The summed E-state index contributed by atoms with van der Waals surface area (Å²) in [4.78, 5) is 11.2. The maximum absolute atomic E-state index is 11.2. The summed E-state index contributed by atoms with van der Waals surface area (Å²) in [6.07, 6.45) is 1.07. The molecule has 1 rings (SSSR count). The van der Waals surface area contributed by atoms with Crippen LogP contribution in [0.1, 0.15) is 12.5 Å². The largest absolute Gasteiger partial charge is 0.434 e. The lowest BCUT2D eigenvalue weighted by Crippen LogP contribution is -2.31. The Bertz CT molecular complexity index is 389. The van der Waals surface area contributed by atoms with Crippen molar-refractivity contribution in [2.45, 2.75) is 12.5 Å². The average Bonchev–Trinajstić information content (AvgIpc) is 2.29. The van der Waals surface area contributed by atoms with Crippen molar-refractivity contribution in [2.75, 3.05) is 7.05 Å². The molecular formula is C12H14ClNO2. The summed E-state index contributed by atoms with van der Waals surface area (Å²) < 4.78 is 5.25. The van der Waals surface area contributed by atoms with Gasteiger partial charge >= 0.3 is 6.09 Å². The third-order valence-corrected chi connectivity index (χ3v) is 2.57. The molecule has 0 saturated heterocycles. The van der Waals surface area contributed by atoms with E-state index < -0.39 is 11.7 Å². The lowest BCUT2D eigenvalue weighted by molar-refractivity contribution is 0.0595. The van der Waals surface area contributed by atoms with Gasteiger partial charge in [0.2, 0.25) is 0 Å². The molecule has 1 aromatic carbocycles. The topological polar surface area (TPSA) is 38.3 Å². The summed E-state index contributed by atoms with van der Waals surface area (Å²) in [6.45, 7) is 5.44. The Morgan fingerprint density at radius 1 is 1.50 bits per heavy atom. The van der Waals surface area contributed by atoms with E-state index in [4.69, 9.17) is 16.3 Å². The number of amides is 1. The fraction of sp³-hybridized carbons (Fsp3) is 0.250. The molecule has 86 valence electrons. The van der Waals surface area contributed by atoms with Crippen LogP contribution in [0.4, 0.5) is 4.79 Å². The predicted molar refractivity (Wildman–Crippen MR) is 64.5 cm³/mol. The summed E-state index contributed by atoms with van der Waals surface area (Å²) >= 11 is 5.79. The number of carbonyl (C=O) groups is 1. The van der Waals surface area contributed by atoms with E-state index in [2.05, 4.69) is 11.9 Å². The average molecular weight is 240 g/mol. The van der Waals surface area contributed by atoms with Crippen molar-refractivity contribution < 1.29 is 9.53 Å². The Hall–Kier alpha value is -1.48. The van der Waals surface area contributed by atoms with Crippen molar-refractivity contribution in [2.24, 2.45) is 0 Å². The summed E-state index contributed by atoms with van der Waals surface area (Å²) in [5, 5.41) is 3.04.